The Kier molecular flexibility index (Phi) is 23.8. The lowest BCUT2D eigenvalue weighted by Crippen LogP contribution is -1.95. The molecule has 0 heteroatoms. The average Bonchev–Trinajstić information content (AvgIpc) is 2.72. The van der Waals surface area contributed by atoms with Crippen molar-refractivity contribution in [3.63, 3.8) is 0 Å². The summed E-state index contributed by atoms with van der Waals surface area (Å²) >= 11 is 0. The summed E-state index contributed by atoms with van der Waals surface area (Å²) in [7, 11) is 0. The van der Waals surface area contributed by atoms with Crippen LogP contribution in [0.25, 0.3) is 0 Å². The van der Waals surface area contributed by atoms with Crippen LogP contribution in [0.1, 0.15) is 149 Å². The van der Waals surface area contributed by atoms with Crippen LogP contribution in [0.3, 0.4) is 0 Å². The zero-order valence-electron chi connectivity index (χ0n) is 20.6. The van der Waals surface area contributed by atoms with E-state index in [2.05, 4.69) is 39.8 Å². The summed E-state index contributed by atoms with van der Waals surface area (Å²) in [5.41, 5.74) is 0. The van der Waals surface area contributed by atoms with Gasteiger partial charge in [0.2, 0.25) is 0 Å². The molecule has 0 aromatic carbocycles. The van der Waals surface area contributed by atoms with Crippen LogP contribution in [-0.2, 0) is 0 Å². The van der Waals surface area contributed by atoms with Gasteiger partial charge in [-0.25, -0.2) is 0 Å². The maximum Gasteiger partial charge on any atom is -0.0351 e. The van der Waals surface area contributed by atoms with Crippen LogP contribution in [-0.4, -0.2) is 0 Å². The molecule has 0 saturated heterocycles. The van der Waals surface area contributed by atoms with Crippen molar-refractivity contribution >= 4 is 0 Å². The molecule has 0 aromatic rings. The SMILES string of the molecule is [CH2]CCCCCCC(C)CCCC/C=C/CCCCCCC(C)CCCCC[CH2]. The minimum Gasteiger partial charge on any atom is -0.0885 e. The summed E-state index contributed by atoms with van der Waals surface area (Å²) in [6, 6.07) is 0. The van der Waals surface area contributed by atoms with Crippen LogP contribution in [0.2, 0.25) is 0 Å². The summed E-state index contributed by atoms with van der Waals surface area (Å²) in [5, 5.41) is 0. The fraction of sp³-hybridized carbons (Fsp3) is 0.862. The lowest BCUT2D eigenvalue weighted by Gasteiger charge is -2.10. The van der Waals surface area contributed by atoms with Crippen molar-refractivity contribution in [1.82, 2.24) is 0 Å². The Bertz CT molecular complexity index is 316. The van der Waals surface area contributed by atoms with E-state index in [1.807, 2.05) is 0 Å². The molecule has 0 aliphatic carbocycles. The zero-order valence-corrected chi connectivity index (χ0v) is 20.6. The first kappa shape index (κ1) is 28.7. The van der Waals surface area contributed by atoms with Crippen molar-refractivity contribution < 1.29 is 0 Å². The second-order valence-electron chi connectivity index (χ2n) is 9.72. The molecule has 29 heavy (non-hydrogen) atoms. The van der Waals surface area contributed by atoms with E-state index in [1.165, 1.54) is 122 Å². The van der Waals surface area contributed by atoms with E-state index >= 15 is 0 Å². The van der Waals surface area contributed by atoms with E-state index in [9.17, 15) is 0 Å². The van der Waals surface area contributed by atoms with Crippen molar-refractivity contribution in [3.05, 3.63) is 26.0 Å². The summed E-state index contributed by atoms with van der Waals surface area (Å²) in [6.45, 7) is 12.7. The predicted molar refractivity (Wildman–Crippen MR) is 135 cm³/mol. The number of allylic oxidation sites excluding steroid dienone is 2. The first-order chi connectivity index (χ1) is 14.2. The van der Waals surface area contributed by atoms with Crippen LogP contribution < -0.4 is 0 Å². The second-order valence-corrected chi connectivity index (χ2v) is 9.72. The maximum atomic E-state index is 3.93. The van der Waals surface area contributed by atoms with Crippen LogP contribution >= 0.6 is 0 Å². The second kappa shape index (κ2) is 24.0. The average molecular weight is 405 g/mol. The summed E-state index contributed by atoms with van der Waals surface area (Å²) in [6.07, 6.45) is 33.6. The van der Waals surface area contributed by atoms with Crippen molar-refractivity contribution in [2.45, 2.75) is 149 Å². The molecule has 2 radical (unpaired) electrons. The van der Waals surface area contributed by atoms with Gasteiger partial charge in [0.25, 0.3) is 0 Å². The van der Waals surface area contributed by atoms with E-state index in [1.54, 1.807) is 0 Å². The fourth-order valence-corrected chi connectivity index (χ4v) is 4.26. The lowest BCUT2D eigenvalue weighted by atomic mass is 9.96. The lowest BCUT2D eigenvalue weighted by molar-refractivity contribution is 0.436. The van der Waals surface area contributed by atoms with Gasteiger partial charge in [-0.05, 0) is 37.5 Å². The smallest absolute Gasteiger partial charge is 0.0351 e. The van der Waals surface area contributed by atoms with Gasteiger partial charge in [0.15, 0.2) is 0 Å². The highest BCUT2D eigenvalue weighted by Gasteiger charge is 2.02. The Hall–Kier alpha value is -0.260. The highest BCUT2D eigenvalue weighted by molar-refractivity contribution is 4.81. The van der Waals surface area contributed by atoms with Gasteiger partial charge in [0.05, 0.1) is 0 Å². The Labute approximate surface area is 186 Å². The van der Waals surface area contributed by atoms with Crippen molar-refractivity contribution in [2.75, 3.05) is 0 Å². The van der Waals surface area contributed by atoms with Crippen molar-refractivity contribution in [3.8, 4) is 0 Å². The number of hydrogen-bond acceptors (Lipinski definition) is 0. The third-order valence-electron chi connectivity index (χ3n) is 6.45. The Morgan fingerprint density at radius 1 is 0.448 bits per heavy atom. The monoisotopic (exact) mass is 404 g/mol. The van der Waals surface area contributed by atoms with E-state index in [0.29, 0.717) is 0 Å². The van der Waals surface area contributed by atoms with Crippen LogP contribution in [0.15, 0.2) is 12.2 Å². The number of rotatable bonds is 23. The minimum atomic E-state index is 0.926. The predicted octanol–water partition coefficient (Wildman–Crippen LogP) is 10.7. The molecule has 0 heterocycles. The number of unbranched alkanes of at least 4 members (excludes halogenated alkanes) is 13. The van der Waals surface area contributed by atoms with Gasteiger partial charge in [-0.1, -0.05) is 149 Å². The molecule has 0 N–H and O–H groups in total. The third-order valence-corrected chi connectivity index (χ3v) is 6.45. The topological polar surface area (TPSA) is 0 Å². The standard InChI is InChI=1S/C29H56/c1-5-7-9-17-21-25-29(4)27-23-19-16-14-12-11-13-15-18-22-26-28(3)24-20-10-8-6-2/h12,14,28-29H,1-2,5-11,13,15-27H2,3-4H3/b14-12+. The van der Waals surface area contributed by atoms with E-state index in [4.69, 9.17) is 0 Å². The van der Waals surface area contributed by atoms with Gasteiger partial charge >= 0.3 is 0 Å². The normalized spacial score (nSPS) is 13.9. The Morgan fingerprint density at radius 2 is 0.759 bits per heavy atom. The molecular weight excluding hydrogens is 348 g/mol. The molecule has 0 aliphatic rings. The van der Waals surface area contributed by atoms with Crippen molar-refractivity contribution in [2.24, 2.45) is 11.8 Å². The van der Waals surface area contributed by atoms with Gasteiger partial charge in [-0.15, -0.1) is 0 Å². The first-order valence-electron chi connectivity index (χ1n) is 13.4. The Morgan fingerprint density at radius 3 is 1.21 bits per heavy atom. The Balaban J connectivity index is 3.28. The first-order valence-corrected chi connectivity index (χ1v) is 13.4. The van der Waals surface area contributed by atoms with Gasteiger partial charge in [0, 0.05) is 0 Å². The maximum absolute atomic E-state index is 3.93. The minimum absolute atomic E-state index is 0.926. The van der Waals surface area contributed by atoms with E-state index in [0.717, 1.165) is 24.7 Å². The number of hydrogen-bond donors (Lipinski definition) is 0. The molecular formula is C29H56. The highest BCUT2D eigenvalue weighted by Crippen LogP contribution is 2.19. The van der Waals surface area contributed by atoms with Crippen LogP contribution in [0.5, 0.6) is 0 Å². The summed E-state index contributed by atoms with van der Waals surface area (Å²) in [4.78, 5) is 0. The molecule has 0 rings (SSSR count). The molecule has 0 aromatic heterocycles. The molecule has 0 nitrogen and oxygen atoms in total. The molecule has 0 saturated carbocycles. The van der Waals surface area contributed by atoms with Crippen molar-refractivity contribution in [1.29, 1.82) is 0 Å². The largest absolute Gasteiger partial charge is 0.0885 e. The van der Waals surface area contributed by atoms with Crippen LogP contribution in [0, 0.1) is 25.7 Å². The third kappa shape index (κ3) is 23.9. The molecule has 0 spiro atoms. The zero-order chi connectivity index (χ0) is 21.4. The molecule has 172 valence electrons. The van der Waals surface area contributed by atoms with Crippen LogP contribution in [0.4, 0.5) is 0 Å². The highest BCUT2D eigenvalue weighted by atomic mass is 14.1. The van der Waals surface area contributed by atoms with Gasteiger partial charge in [0.1, 0.15) is 0 Å². The molecule has 0 amide bonds. The molecule has 2 atom stereocenters. The summed E-state index contributed by atoms with van der Waals surface area (Å²) < 4.78 is 0. The molecule has 0 bridgehead atoms. The summed E-state index contributed by atoms with van der Waals surface area (Å²) in [5.74, 6) is 1.86. The van der Waals surface area contributed by atoms with Gasteiger partial charge in [-0.2, -0.15) is 0 Å². The van der Waals surface area contributed by atoms with E-state index in [-0.39, 0.29) is 0 Å². The quantitative estimate of drug-likeness (QED) is 0.117. The molecule has 0 aliphatic heterocycles. The fourth-order valence-electron chi connectivity index (χ4n) is 4.26. The molecule has 2 unspecified atom stereocenters. The van der Waals surface area contributed by atoms with E-state index < -0.39 is 0 Å². The van der Waals surface area contributed by atoms with Gasteiger partial charge < -0.3 is 0 Å². The molecule has 0 fully saturated rings. The van der Waals surface area contributed by atoms with Gasteiger partial charge in [-0.3, -0.25) is 0 Å².